The maximum atomic E-state index is 13.9. The summed E-state index contributed by atoms with van der Waals surface area (Å²) in [5.74, 6) is -0.469. The van der Waals surface area contributed by atoms with Crippen molar-refractivity contribution in [2.24, 2.45) is 5.73 Å². The van der Waals surface area contributed by atoms with E-state index in [9.17, 15) is 9.18 Å². The Bertz CT molecular complexity index is 796. The molecular weight excluding hydrogens is 333 g/mol. The number of benzene rings is 1. The summed E-state index contributed by atoms with van der Waals surface area (Å²) in [4.78, 5) is 22.1. The van der Waals surface area contributed by atoms with Gasteiger partial charge >= 0.3 is 0 Å². The van der Waals surface area contributed by atoms with Crippen molar-refractivity contribution in [3.63, 3.8) is 0 Å². The molecule has 2 aromatic rings. The molecule has 24 heavy (non-hydrogen) atoms. The van der Waals surface area contributed by atoms with Crippen LogP contribution in [0.2, 0.25) is 5.02 Å². The predicted octanol–water partition coefficient (Wildman–Crippen LogP) is 2.40. The number of halogens is 2. The van der Waals surface area contributed by atoms with Crippen molar-refractivity contribution < 1.29 is 9.18 Å². The van der Waals surface area contributed by atoms with Gasteiger partial charge in [-0.3, -0.25) is 9.78 Å². The van der Waals surface area contributed by atoms with Crippen LogP contribution >= 0.6 is 11.6 Å². The third-order valence-electron chi connectivity index (χ3n) is 3.67. The number of carbonyl (C=O) groups is 1. The first-order valence-electron chi connectivity index (χ1n) is 7.29. The highest BCUT2D eigenvalue weighted by atomic mass is 35.5. The van der Waals surface area contributed by atoms with Crippen molar-refractivity contribution in [1.82, 2.24) is 14.9 Å². The van der Waals surface area contributed by atoms with Gasteiger partial charge in [-0.05, 0) is 18.2 Å². The third-order valence-corrected chi connectivity index (χ3v) is 3.91. The molecule has 1 aromatic carbocycles. The van der Waals surface area contributed by atoms with E-state index in [2.05, 4.69) is 15.3 Å². The molecule has 3 rings (SSSR count). The summed E-state index contributed by atoms with van der Waals surface area (Å²) in [5.41, 5.74) is 7.34. The zero-order chi connectivity index (χ0) is 17.1. The van der Waals surface area contributed by atoms with E-state index in [0.29, 0.717) is 24.5 Å². The molecule has 0 unspecified atom stereocenters. The quantitative estimate of drug-likeness (QED) is 0.890. The zero-order valence-corrected chi connectivity index (χ0v) is 13.4. The van der Waals surface area contributed by atoms with Gasteiger partial charge in [-0.1, -0.05) is 11.6 Å². The van der Waals surface area contributed by atoms with Crippen LogP contribution in [0.15, 0.2) is 48.2 Å². The van der Waals surface area contributed by atoms with E-state index in [-0.39, 0.29) is 17.1 Å². The summed E-state index contributed by atoms with van der Waals surface area (Å²) in [7, 11) is 0. The highest BCUT2D eigenvalue weighted by molar-refractivity contribution is 6.30. The standard InChI is InChI=1S/C16H15ClFN5O/c17-10-1-2-11(12(18)7-10)16(24)23-6-3-14(13(19)9-23)22-15-8-20-4-5-21-15/h1-2,4-5,7-8H,3,6,9,19H2,(H,21,22). The molecule has 0 saturated heterocycles. The van der Waals surface area contributed by atoms with Crippen molar-refractivity contribution in [2.75, 3.05) is 18.4 Å². The van der Waals surface area contributed by atoms with E-state index in [1.807, 2.05) is 0 Å². The molecule has 1 aliphatic heterocycles. The molecule has 6 nitrogen and oxygen atoms in total. The Morgan fingerprint density at radius 2 is 2.21 bits per heavy atom. The molecule has 0 fully saturated rings. The largest absolute Gasteiger partial charge is 0.399 e. The van der Waals surface area contributed by atoms with Gasteiger partial charge in [0.1, 0.15) is 11.6 Å². The van der Waals surface area contributed by atoms with E-state index < -0.39 is 11.7 Å². The number of nitrogens with two attached hydrogens (primary N) is 1. The molecule has 124 valence electrons. The molecular formula is C16H15ClFN5O. The molecule has 1 amide bonds. The van der Waals surface area contributed by atoms with Crippen molar-refractivity contribution in [1.29, 1.82) is 0 Å². The van der Waals surface area contributed by atoms with Crippen LogP contribution in [0.4, 0.5) is 10.2 Å². The lowest BCUT2D eigenvalue weighted by atomic mass is 10.1. The predicted molar refractivity (Wildman–Crippen MR) is 88.8 cm³/mol. The summed E-state index contributed by atoms with van der Waals surface area (Å²) in [6.07, 6.45) is 5.25. The number of anilines is 1. The molecule has 0 spiro atoms. The van der Waals surface area contributed by atoms with Crippen LogP contribution in [-0.4, -0.2) is 33.9 Å². The van der Waals surface area contributed by atoms with Gasteiger partial charge in [0.05, 0.1) is 18.3 Å². The summed E-state index contributed by atoms with van der Waals surface area (Å²) in [6.45, 7) is 0.633. The average molecular weight is 348 g/mol. The summed E-state index contributed by atoms with van der Waals surface area (Å²) < 4.78 is 13.9. The maximum absolute atomic E-state index is 13.9. The van der Waals surface area contributed by atoms with E-state index in [1.165, 1.54) is 17.0 Å². The lowest BCUT2D eigenvalue weighted by Crippen LogP contribution is -2.40. The van der Waals surface area contributed by atoms with Gasteiger partial charge in [-0.15, -0.1) is 0 Å². The van der Waals surface area contributed by atoms with Gasteiger partial charge in [0.25, 0.3) is 5.91 Å². The highest BCUT2D eigenvalue weighted by Crippen LogP contribution is 2.21. The van der Waals surface area contributed by atoms with Crippen LogP contribution in [-0.2, 0) is 0 Å². The number of amides is 1. The van der Waals surface area contributed by atoms with E-state index in [4.69, 9.17) is 17.3 Å². The van der Waals surface area contributed by atoms with E-state index in [1.54, 1.807) is 18.6 Å². The molecule has 0 atom stereocenters. The number of carbonyl (C=O) groups excluding carboxylic acids is 1. The molecule has 1 aromatic heterocycles. The number of hydrogen-bond donors (Lipinski definition) is 2. The van der Waals surface area contributed by atoms with Gasteiger partial charge in [0.15, 0.2) is 0 Å². The highest BCUT2D eigenvalue weighted by Gasteiger charge is 2.24. The maximum Gasteiger partial charge on any atom is 0.257 e. The molecule has 3 N–H and O–H groups in total. The minimum atomic E-state index is -0.640. The summed E-state index contributed by atoms with van der Waals surface area (Å²) in [5, 5.41) is 3.35. The van der Waals surface area contributed by atoms with Crippen LogP contribution in [0.3, 0.4) is 0 Å². The van der Waals surface area contributed by atoms with Crippen LogP contribution in [0.1, 0.15) is 16.8 Å². The second kappa shape index (κ2) is 6.84. The van der Waals surface area contributed by atoms with E-state index in [0.717, 1.165) is 11.8 Å². The number of nitrogens with zero attached hydrogens (tertiary/aromatic N) is 3. The minimum Gasteiger partial charge on any atom is -0.399 e. The zero-order valence-electron chi connectivity index (χ0n) is 12.7. The third kappa shape index (κ3) is 3.46. The van der Waals surface area contributed by atoms with Gasteiger partial charge < -0.3 is 16.0 Å². The van der Waals surface area contributed by atoms with Crippen LogP contribution in [0, 0.1) is 5.82 Å². The normalized spacial score (nSPS) is 14.7. The van der Waals surface area contributed by atoms with Gasteiger partial charge in [-0.25, -0.2) is 9.37 Å². The van der Waals surface area contributed by atoms with Gasteiger partial charge in [0.2, 0.25) is 0 Å². The van der Waals surface area contributed by atoms with Gasteiger partial charge in [-0.2, -0.15) is 0 Å². The summed E-state index contributed by atoms with van der Waals surface area (Å²) >= 11 is 5.72. The Morgan fingerprint density at radius 3 is 2.88 bits per heavy atom. The number of rotatable bonds is 3. The number of nitrogens with one attached hydrogen (secondary N) is 1. The van der Waals surface area contributed by atoms with Crippen LogP contribution in [0.25, 0.3) is 0 Å². The second-order valence-corrected chi connectivity index (χ2v) is 5.76. The van der Waals surface area contributed by atoms with Crippen LogP contribution < -0.4 is 11.1 Å². The molecule has 0 bridgehead atoms. The first-order valence-corrected chi connectivity index (χ1v) is 7.67. The Balaban J connectivity index is 1.73. The molecule has 0 saturated carbocycles. The topological polar surface area (TPSA) is 84.1 Å². The first kappa shape index (κ1) is 16.2. The molecule has 2 heterocycles. The van der Waals surface area contributed by atoms with Crippen molar-refractivity contribution >= 4 is 23.3 Å². The molecule has 0 radical (unpaired) electrons. The Kier molecular flexibility index (Phi) is 4.61. The fourth-order valence-corrected chi connectivity index (χ4v) is 2.61. The lowest BCUT2D eigenvalue weighted by Gasteiger charge is -2.29. The number of aromatic nitrogens is 2. The SMILES string of the molecule is NC1=C(Nc2cnccn2)CCN(C(=O)c2ccc(Cl)cc2F)C1. The van der Waals surface area contributed by atoms with Crippen LogP contribution in [0.5, 0.6) is 0 Å². The average Bonchev–Trinajstić information content (AvgIpc) is 2.57. The van der Waals surface area contributed by atoms with Crippen molar-refractivity contribution in [3.05, 3.63) is 64.6 Å². The molecule has 8 heteroatoms. The Hall–Kier alpha value is -2.67. The Labute approximate surface area is 143 Å². The fraction of sp³-hybridized carbons (Fsp3) is 0.188. The van der Waals surface area contributed by atoms with Crippen molar-refractivity contribution in [3.8, 4) is 0 Å². The second-order valence-electron chi connectivity index (χ2n) is 5.32. The molecule has 0 aliphatic carbocycles. The van der Waals surface area contributed by atoms with Crippen molar-refractivity contribution in [2.45, 2.75) is 6.42 Å². The molecule has 1 aliphatic rings. The number of hydrogen-bond acceptors (Lipinski definition) is 5. The van der Waals surface area contributed by atoms with Gasteiger partial charge in [0, 0.05) is 41.8 Å². The fourth-order valence-electron chi connectivity index (χ4n) is 2.46. The van der Waals surface area contributed by atoms with E-state index >= 15 is 0 Å². The smallest absolute Gasteiger partial charge is 0.257 e. The first-order chi connectivity index (χ1) is 11.5. The minimum absolute atomic E-state index is 0.0162. The Morgan fingerprint density at radius 1 is 1.38 bits per heavy atom. The monoisotopic (exact) mass is 347 g/mol. The lowest BCUT2D eigenvalue weighted by molar-refractivity contribution is 0.0758. The summed E-state index contributed by atoms with van der Waals surface area (Å²) in [6, 6.07) is 3.99.